The van der Waals surface area contributed by atoms with Crippen molar-refractivity contribution in [1.82, 2.24) is 0 Å². The van der Waals surface area contributed by atoms with Gasteiger partial charge in [-0.3, -0.25) is 0 Å². The predicted molar refractivity (Wildman–Crippen MR) is 217 cm³/mol. The summed E-state index contributed by atoms with van der Waals surface area (Å²) in [6.45, 7) is 4.49. The van der Waals surface area contributed by atoms with E-state index in [-0.39, 0.29) is 0 Å². The van der Waals surface area contributed by atoms with Gasteiger partial charge in [0.05, 0.1) is 0 Å². The maximum absolute atomic E-state index is 6.61. The molecule has 0 N–H and O–H groups in total. The number of fused-ring (bicyclic) bond motifs is 4. The summed E-state index contributed by atoms with van der Waals surface area (Å²) >= 11 is 0. The minimum absolute atomic E-state index is 0.902. The zero-order valence-corrected chi connectivity index (χ0v) is 28.7. The molecule has 0 saturated heterocycles. The molecule has 0 saturated carbocycles. The maximum Gasteiger partial charge on any atom is 0.135 e. The standard InChI is InChI=1S/C50H30O2/c1-27-23-41(31-15-17-35-37-11-3-7-29-9-5-13-43(47(29)37)51-45(35)25-31)39-22-20-34-28(2)24-42(40-21-19-33(27)49(39)50(34)40)32-16-18-36-38-12-4-8-30-10-6-14-44(48(30)38)52-46(36)26-32/h3-26H,1-2H3. The van der Waals surface area contributed by atoms with Gasteiger partial charge in [-0.2, -0.15) is 0 Å². The Morgan fingerprint density at radius 1 is 0.308 bits per heavy atom. The summed E-state index contributed by atoms with van der Waals surface area (Å²) in [6.07, 6.45) is 0. The Morgan fingerprint density at radius 3 is 1.19 bits per heavy atom. The van der Waals surface area contributed by atoms with Gasteiger partial charge >= 0.3 is 0 Å². The van der Waals surface area contributed by atoms with Crippen molar-refractivity contribution in [3.8, 4) is 67.5 Å². The lowest BCUT2D eigenvalue weighted by atomic mass is 9.83. The average molecular weight is 663 g/mol. The molecule has 0 amide bonds. The van der Waals surface area contributed by atoms with E-state index in [4.69, 9.17) is 9.47 Å². The van der Waals surface area contributed by atoms with Crippen molar-refractivity contribution in [1.29, 1.82) is 0 Å². The molecule has 10 aromatic rings. The molecule has 0 aromatic heterocycles. The highest BCUT2D eigenvalue weighted by molar-refractivity contribution is 6.29. The molecule has 0 radical (unpaired) electrons. The Morgan fingerprint density at radius 2 is 0.731 bits per heavy atom. The fourth-order valence-corrected chi connectivity index (χ4v) is 9.29. The zero-order chi connectivity index (χ0) is 34.2. The molecule has 2 heterocycles. The Bertz CT molecular complexity index is 2980. The topological polar surface area (TPSA) is 18.5 Å². The third-order valence-corrected chi connectivity index (χ3v) is 11.7. The van der Waals surface area contributed by atoms with E-state index in [0.717, 1.165) is 45.3 Å². The molecule has 0 atom stereocenters. The van der Waals surface area contributed by atoms with Crippen LogP contribution in [0.15, 0.2) is 146 Å². The van der Waals surface area contributed by atoms with Crippen molar-refractivity contribution >= 4 is 53.9 Å². The number of benzene rings is 10. The third-order valence-electron chi connectivity index (χ3n) is 11.7. The fourth-order valence-electron chi connectivity index (χ4n) is 9.29. The first-order valence-electron chi connectivity index (χ1n) is 18.0. The predicted octanol–water partition coefficient (Wildman–Crippen LogP) is 14.4. The molecule has 0 aliphatic carbocycles. The van der Waals surface area contributed by atoms with Crippen LogP contribution in [0.25, 0.3) is 98.4 Å². The summed E-state index contributed by atoms with van der Waals surface area (Å²) in [5.41, 5.74) is 12.0. The van der Waals surface area contributed by atoms with Crippen LogP contribution in [-0.4, -0.2) is 0 Å². The summed E-state index contributed by atoms with van der Waals surface area (Å²) in [7, 11) is 0. The molecular weight excluding hydrogens is 633 g/mol. The van der Waals surface area contributed by atoms with Crippen LogP contribution in [0.2, 0.25) is 0 Å². The van der Waals surface area contributed by atoms with E-state index in [1.807, 2.05) is 0 Å². The fraction of sp³-hybridized carbons (Fsp3) is 0.0400. The molecule has 0 bridgehead atoms. The van der Waals surface area contributed by atoms with Crippen molar-refractivity contribution < 1.29 is 9.47 Å². The van der Waals surface area contributed by atoms with Crippen LogP contribution in [0.4, 0.5) is 0 Å². The van der Waals surface area contributed by atoms with Crippen molar-refractivity contribution in [3.05, 3.63) is 157 Å². The van der Waals surface area contributed by atoms with E-state index < -0.39 is 0 Å². The first kappa shape index (κ1) is 28.1. The largest absolute Gasteiger partial charge is 0.456 e. The van der Waals surface area contributed by atoms with Crippen LogP contribution in [0.3, 0.4) is 0 Å². The Labute approximate surface area is 300 Å². The second kappa shape index (κ2) is 9.99. The van der Waals surface area contributed by atoms with E-state index in [9.17, 15) is 0 Å². The number of aryl methyl sites for hydroxylation is 2. The van der Waals surface area contributed by atoms with Crippen molar-refractivity contribution in [2.24, 2.45) is 0 Å². The molecule has 0 unspecified atom stereocenters. The van der Waals surface area contributed by atoms with Gasteiger partial charge < -0.3 is 9.47 Å². The first-order chi connectivity index (χ1) is 25.6. The van der Waals surface area contributed by atoms with E-state index in [0.29, 0.717) is 0 Å². The monoisotopic (exact) mass is 662 g/mol. The lowest BCUT2D eigenvalue weighted by molar-refractivity contribution is 0.487. The number of hydrogen-bond acceptors (Lipinski definition) is 2. The van der Waals surface area contributed by atoms with Crippen molar-refractivity contribution in [2.45, 2.75) is 13.8 Å². The van der Waals surface area contributed by atoms with Crippen LogP contribution in [0.1, 0.15) is 11.1 Å². The minimum Gasteiger partial charge on any atom is -0.456 e. The van der Waals surface area contributed by atoms with Crippen LogP contribution in [0.5, 0.6) is 23.0 Å². The normalized spacial score (nSPS) is 12.7. The Balaban J connectivity index is 1.05. The summed E-state index contributed by atoms with van der Waals surface area (Å²) in [4.78, 5) is 0. The first-order valence-corrected chi connectivity index (χ1v) is 18.0. The van der Waals surface area contributed by atoms with Gasteiger partial charge in [-0.1, -0.05) is 109 Å². The number of hydrogen-bond donors (Lipinski definition) is 0. The van der Waals surface area contributed by atoms with Crippen molar-refractivity contribution in [3.63, 3.8) is 0 Å². The van der Waals surface area contributed by atoms with Crippen LogP contribution in [-0.2, 0) is 0 Å². The minimum atomic E-state index is 0.902. The Kier molecular flexibility index (Phi) is 5.40. The third kappa shape index (κ3) is 3.68. The molecule has 12 rings (SSSR count). The second-order valence-electron chi connectivity index (χ2n) is 14.5. The van der Waals surface area contributed by atoms with Gasteiger partial charge in [0.1, 0.15) is 23.0 Å². The molecule has 2 heteroatoms. The molecule has 2 nitrogen and oxygen atoms in total. The smallest absolute Gasteiger partial charge is 0.135 e. The number of ether oxygens (including phenoxy) is 2. The highest BCUT2D eigenvalue weighted by atomic mass is 16.5. The average Bonchev–Trinajstić information content (AvgIpc) is 3.18. The second-order valence-corrected chi connectivity index (χ2v) is 14.5. The van der Waals surface area contributed by atoms with E-state index in [1.165, 1.54) is 87.2 Å². The zero-order valence-electron chi connectivity index (χ0n) is 28.7. The van der Waals surface area contributed by atoms with Gasteiger partial charge in [0.25, 0.3) is 0 Å². The van der Waals surface area contributed by atoms with Gasteiger partial charge in [0, 0.05) is 21.9 Å². The van der Waals surface area contributed by atoms with Crippen LogP contribution in [0, 0.1) is 13.8 Å². The highest BCUT2D eigenvalue weighted by Crippen LogP contribution is 2.51. The van der Waals surface area contributed by atoms with Crippen molar-refractivity contribution in [2.75, 3.05) is 0 Å². The molecule has 10 aromatic carbocycles. The maximum atomic E-state index is 6.61. The molecule has 0 spiro atoms. The van der Waals surface area contributed by atoms with Gasteiger partial charge in [-0.15, -0.1) is 0 Å². The molecule has 2 aliphatic rings. The van der Waals surface area contributed by atoms with Gasteiger partial charge in [-0.25, -0.2) is 0 Å². The molecule has 0 fully saturated rings. The lowest BCUT2D eigenvalue weighted by Crippen LogP contribution is -1.98. The summed E-state index contributed by atoms with van der Waals surface area (Å²) in [5, 5.41) is 12.5. The quantitative estimate of drug-likeness (QED) is 0.172. The molecular formula is C50H30O2. The van der Waals surface area contributed by atoms with E-state index in [1.54, 1.807) is 0 Å². The van der Waals surface area contributed by atoms with Gasteiger partial charge in [0.15, 0.2) is 0 Å². The molecule has 2 aliphatic heterocycles. The summed E-state index contributed by atoms with van der Waals surface area (Å²) in [5.74, 6) is 3.64. The molecule has 242 valence electrons. The lowest BCUT2D eigenvalue weighted by Gasteiger charge is -2.23. The van der Waals surface area contributed by atoms with Crippen LogP contribution < -0.4 is 9.47 Å². The Hall–Kier alpha value is -6.64. The van der Waals surface area contributed by atoms with Crippen LogP contribution >= 0.6 is 0 Å². The van der Waals surface area contributed by atoms with Gasteiger partial charge in [0.2, 0.25) is 0 Å². The highest BCUT2D eigenvalue weighted by Gasteiger charge is 2.24. The summed E-state index contributed by atoms with van der Waals surface area (Å²) < 4.78 is 13.2. The van der Waals surface area contributed by atoms with Gasteiger partial charge in [-0.05, 0) is 138 Å². The van der Waals surface area contributed by atoms with E-state index >= 15 is 0 Å². The number of rotatable bonds is 2. The molecule has 52 heavy (non-hydrogen) atoms. The van der Waals surface area contributed by atoms with E-state index in [2.05, 4.69) is 159 Å². The summed E-state index contributed by atoms with van der Waals surface area (Å²) in [6, 6.07) is 53.1. The SMILES string of the molecule is Cc1cc(-c2ccc3c(c2)Oc2cccc4cccc-3c24)c2ccc3c(C)cc(-c4ccc5c(c4)Oc4cccc6cccc-5c46)c4ccc1c2c34.